The van der Waals surface area contributed by atoms with Gasteiger partial charge in [-0.2, -0.15) is 0 Å². The van der Waals surface area contributed by atoms with Crippen molar-refractivity contribution in [2.75, 3.05) is 18.8 Å². The molecule has 1 saturated heterocycles. The van der Waals surface area contributed by atoms with Crippen LogP contribution in [0.25, 0.3) is 0 Å². The summed E-state index contributed by atoms with van der Waals surface area (Å²) < 4.78 is 0. The van der Waals surface area contributed by atoms with Gasteiger partial charge in [-0.1, -0.05) is 12.2 Å². The van der Waals surface area contributed by atoms with Crippen LogP contribution in [0.4, 0.5) is 5.69 Å². The van der Waals surface area contributed by atoms with E-state index in [-0.39, 0.29) is 5.56 Å². The van der Waals surface area contributed by atoms with E-state index in [1.165, 1.54) is 12.8 Å². The van der Waals surface area contributed by atoms with Crippen LogP contribution in [0.3, 0.4) is 0 Å². The fourth-order valence-corrected chi connectivity index (χ4v) is 2.43. The molecule has 0 radical (unpaired) electrons. The molecule has 0 amide bonds. The van der Waals surface area contributed by atoms with Gasteiger partial charge in [-0.25, -0.2) is 0 Å². The van der Waals surface area contributed by atoms with Crippen LogP contribution in [0.2, 0.25) is 0 Å². The van der Waals surface area contributed by atoms with Gasteiger partial charge in [-0.3, -0.25) is 9.69 Å². The average Bonchev–Trinajstić information content (AvgIpc) is 2.86. The Labute approximate surface area is 108 Å². The van der Waals surface area contributed by atoms with Gasteiger partial charge >= 0.3 is 0 Å². The molecule has 2 rings (SSSR count). The van der Waals surface area contributed by atoms with Crippen molar-refractivity contribution >= 4 is 5.69 Å². The molecule has 98 valence electrons. The zero-order valence-corrected chi connectivity index (χ0v) is 10.9. The first-order valence-corrected chi connectivity index (χ1v) is 6.54. The minimum absolute atomic E-state index is 0.0171. The SMILES string of the molecule is CC=CCc1c(CN2CCCC2)c(N)c[nH]c1=O. The Balaban J connectivity index is 2.29. The molecule has 1 aliphatic rings. The number of nitrogens with one attached hydrogen (secondary N) is 1. The summed E-state index contributed by atoms with van der Waals surface area (Å²) in [7, 11) is 0. The van der Waals surface area contributed by atoms with E-state index in [0.29, 0.717) is 12.1 Å². The number of aromatic nitrogens is 1. The molecule has 1 fully saturated rings. The average molecular weight is 247 g/mol. The molecular weight excluding hydrogens is 226 g/mol. The Kier molecular flexibility index (Phi) is 4.20. The highest BCUT2D eigenvalue weighted by molar-refractivity contribution is 5.49. The van der Waals surface area contributed by atoms with E-state index >= 15 is 0 Å². The highest BCUT2D eigenvalue weighted by atomic mass is 16.1. The van der Waals surface area contributed by atoms with E-state index in [2.05, 4.69) is 9.88 Å². The summed E-state index contributed by atoms with van der Waals surface area (Å²) in [4.78, 5) is 17.0. The molecule has 1 aromatic rings. The van der Waals surface area contributed by atoms with Crippen LogP contribution >= 0.6 is 0 Å². The second-order valence-electron chi connectivity index (χ2n) is 4.79. The molecule has 0 aliphatic carbocycles. The highest BCUT2D eigenvalue weighted by Crippen LogP contribution is 2.19. The fraction of sp³-hybridized carbons (Fsp3) is 0.500. The van der Waals surface area contributed by atoms with Crippen molar-refractivity contribution in [1.82, 2.24) is 9.88 Å². The first kappa shape index (κ1) is 12.9. The summed E-state index contributed by atoms with van der Waals surface area (Å²) in [5, 5.41) is 0. The molecule has 2 heterocycles. The number of nitrogen functional groups attached to an aromatic ring is 1. The third-order valence-corrected chi connectivity index (χ3v) is 3.48. The zero-order valence-electron chi connectivity index (χ0n) is 10.9. The van der Waals surface area contributed by atoms with Crippen LogP contribution in [-0.2, 0) is 13.0 Å². The molecule has 0 unspecified atom stereocenters. The Morgan fingerprint density at radius 2 is 2.11 bits per heavy atom. The molecule has 0 atom stereocenters. The molecular formula is C14H21N3O. The second kappa shape index (κ2) is 5.87. The van der Waals surface area contributed by atoms with Gasteiger partial charge in [0.05, 0.1) is 5.69 Å². The van der Waals surface area contributed by atoms with Crippen molar-refractivity contribution < 1.29 is 0 Å². The summed E-state index contributed by atoms with van der Waals surface area (Å²) in [6.07, 6.45) is 8.72. The van der Waals surface area contributed by atoms with E-state index in [1.807, 2.05) is 19.1 Å². The van der Waals surface area contributed by atoms with Gasteiger partial charge in [0.15, 0.2) is 0 Å². The largest absolute Gasteiger partial charge is 0.397 e. The maximum absolute atomic E-state index is 11.9. The van der Waals surface area contributed by atoms with E-state index in [1.54, 1.807) is 6.20 Å². The number of pyridine rings is 1. The molecule has 4 nitrogen and oxygen atoms in total. The number of aromatic amines is 1. The maximum atomic E-state index is 11.9. The van der Waals surface area contributed by atoms with Crippen LogP contribution in [0, 0.1) is 0 Å². The Morgan fingerprint density at radius 3 is 2.78 bits per heavy atom. The molecule has 0 aromatic carbocycles. The van der Waals surface area contributed by atoms with Gasteiger partial charge < -0.3 is 10.7 Å². The summed E-state index contributed by atoms with van der Waals surface area (Å²) in [5.74, 6) is 0. The summed E-state index contributed by atoms with van der Waals surface area (Å²) in [5.41, 5.74) is 8.50. The van der Waals surface area contributed by atoms with Crippen LogP contribution in [-0.4, -0.2) is 23.0 Å². The summed E-state index contributed by atoms with van der Waals surface area (Å²) in [6, 6.07) is 0. The third-order valence-electron chi connectivity index (χ3n) is 3.48. The predicted octanol–water partition coefficient (Wildman–Crippen LogP) is 1.67. The number of hydrogen-bond acceptors (Lipinski definition) is 3. The molecule has 0 saturated carbocycles. The molecule has 4 heteroatoms. The van der Waals surface area contributed by atoms with E-state index in [0.717, 1.165) is 30.8 Å². The van der Waals surface area contributed by atoms with Gasteiger partial charge in [-0.15, -0.1) is 0 Å². The number of nitrogens with two attached hydrogens (primary N) is 1. The molecule has 18 heavy (non-hydrogen) atoms. The zero-order chi connectivity index (χ0) is 13.0. The molecule has 1 aromatic heterocycles. The van der Waals surface area contributed by atoms with E-state index in [4.69, 9.17) is 5.73 Å². The Bertz CT molecular complexity index is 484. The maximum Gasteiger partial charge on any atom is 0.251 e. The second-order valence-corrected chi connectivity index (χ2v) is 4.79. The normalized spacial score (nSPS) is 16.7. The number of likely N-dealkylation sites (tertiary alicyclic amines) is 1. The first-order valence-electron chi connectivity index (χ1n) is 6.54. The van der Waals surface area contributed by atoms with Gasteiger partial charge in [-0.05, 0) is 44.8 Å². The number of nitrogens with zero attached hydrogens (tertiary/aromatic N) is 1. The van der Waals surface area contributed by atoms with E-state index in [9.17, 15) is 4.79 Å². The van der Waals surface area contributed by atoms with Crippen LogP contribution in [0.5, 0.6) is 0 Å². The van der Waals surface area contributed by atoms with Crippen molar-refractivity contribution in [1.29, 1.82) is 0 Å². The third kappa shape index (κ3) is 2.82. The van der Waals surface area contributed by atoms with Gasteiger partial charge in [0.1, 0.15) is 0 Å². The van der Waals surface area contributed by atoms with Crippen LogP contribution < -0.4 is 11.3 Å². The van der Waals surface area contributed by atoms with Crippen molar-refractivity contribution in [3.05, 3.63) is 39.8 Å². The topological polar surface area (TPSA) is 62.1 Å². The van der Waals surface area contributed by atoms with Gasteiger partial charge in [0, 0.05) is 18.3 Å². The fourth-order valence-electron chi connectivity index (χ4n) is 2.43. The predicted molar refractivity (Wildman–Crippen MR) is 74.5 cm³/mol. The highest BCUT2D eigenvalue weighted by Gasteiger charge is 2.16. The van der Waals surface area contributed by atoms with Crippen molar-refractivity contribution in [2.24, 2.45) is 0 Å². The number of H-pyrrole nitrogens is 1. The van der Waals surface area contributed by atoms with Crippen molar-refractivity contribution in [3.63, 3.8) is 0 Å². The minimum atomic E-state index is -0.0171. The number of rotatable bonds is 4. The Morgan fingerprint density at radius 1 is 1.39 bits per heavy atom. The van der Waals surface area contributed by atoms with Crippen molar-refractivity contribution in [3.8, 4) is 0 Å². The minimum Gasteiger partial charge on any atom is -0.397 e. The smallest absolute Gasteiger partial charge is 0.251 e. The first-order chi connectivity index (χ1) is 8.72. The number of allylic oxidation sites excluding steroid dienone is 2. The van der Waals surface area contributed by atoms with Gasteiger partial charge in [0.25, 0.3) is 5.56 Å². The molecule has 0 bridgehead atoms. The lowest BCUT2D eigenvalue weighted by Crippen LogP contribution is -2.24. The van der Waals surface area contributed by atoms with Crippen molar-refractivity contribution in [2.45, 2.75) is 32.7 Å². The lowest BCUT2D eigenvalue weighted by Gasteiger charge is -2.18. The van der Waals surface area contributed by atoms with E-state index < -0.39 is 0 Å². The Hall–Kier alpha value is -1.55. The lowest BCUT2D eigenvalue weighted by molar-refractivity contribution is 0.331. The quantitative estimate of drug-likeness (QED) is 0.796. The van der Waals surface area contributed by atoms with Crippen LogP contribution in [0.15, 0.2) is 23.1 Å². The van der Waals surface area contributed by atoms with Crippen LogP contribution in [0.1, 0.15) is 30.9 Å². The molecule has 3 N–H and O–H groups in total. The summed E-state index contributed by atoms with van der Waals surface area (Å²) >= 11 is 0. The standard InChI is InChI=1S/C14H21N3O/c1-2-3-6-11-12(10-17-7-4-5-8-17)13(15)9-16-14(11)18/h2-3,9H,4-8,10,15H2,1H3,(H,16,18). The monoisotopic (exact) mass is 247 g/mol. The molecule has 0 spiro atoms. The number of anilines is 1. The molecule has 1 aliphatic heterocycles. The summed E-state index contributed by atoms with van der Waals surface area (Å²) in [6.45, 7) is 4.97. The lowest BCUT2D eigenvalue weighted by atomic mass is 10.0. The van der Waals surface area contributed by atoms with Gasteiger partial charge in [0.2, 0.25) is 0 Å². The number of hydrogen-bond donors (Lipinski definition) is 2.